The van der Waals surface area contributed by atoms with Crippen LogP contribution in [0.5, 0.6) is 0 Å². The van der Waals surface area contributed by atoms with Gasteiger partial charge in [-0.1, -0.05) is 0 Å². The molecule has 5 heteroatoms. The predicted octanol–water partition coefficient (Wildman–Crippen LogP) is 0.579. The standard InChI is InChI=1S/C11H22N2O3/c1-2-16-8-4-6-12-11(15)13-7-3-5-10(14)9-13/h10,14H,2-9H2,1H3,(H,12,15). The summed E-state index contributed by atoms with van der Waals surface area (Å²) < 4.78 is 5.17. The molecule has 1 rings (SSSR count). The van der Waals surface area contributed by atoms with E-state index in [1.165, 1.54) is 0 Å². The van der Waals surface area contributed by atoms with Gasteiger partial charge in [0.15, 0.2) is 0 Å². The van der Waals surface area contributed by atoms with Crippen molar-refractivity contribution in [1.29, 1.82) is 0 Å². The maximum absolute atomic E-state index is 11.6. The third kappa shape index (κ3) is 4.81. The predicted molar refractivity (Wildman–Crippen MR) is 61.3 cm³/mol. The fourth-order valence-electron chi connectivity index (χ4n) is 1.76. The number of β-amino-alcohol motifs (C(OH)–C–C–N with tert-alkyl or cyclic N) is 1. The molecule has 5 nitrogen and oxygen atoms in total. The van der Waals surface area contributed by atoms with E-state index in [9.17, 15) is 9.90 Å². The first-order valence-corrected chi connectivity index (χ1v) is 6.02. The van der Waals surface area contributed by atoms with Gasteiger partial charge in [-0.15, -0.1) is 0 Å². The molecule has 1 aliphatic rings. The van der Waals surface area contributed by atoms with Gasteiger partial charge in [0.25, 0.3) is 0 Å². The third-order valence-corrected chi connectivity index (χ3v) is 2.63. The summed E-state index contributed by atoms with van der Waals surface area (Å²) in [6.45, 7) is 5.18. The molecule has 94 valence electrons. The summed E-state index contributed by atoms with van der Waals surface area (Å²) in [5.41, 5.74) is 0. The lowest BCUT2D eigenvalue weighted by Gasteiger charge is -2.30. The maximum atomic E-state index is 11.6. The molecule has 1 unspecified atom stereocenters. The second kappa shape index (κ2) is 7.46. The SMILES string of the molecule is CCOCCCNC(=O)N1CCCC(O)C1. The average Bonchev–Trinajstić information content (AvgIpc) is 2.28. The largest absolute Gasteiger partial charge is 0.391 e. The van der Waals surface area contributed by atoms with E-state index >= 15 is 0 Å². The Morgan fingerprint density at radius 3 is 3.12 bits per heavy atom. The van der Waals surface area contributed by atoms with Gasteiger partial charge >= 0.3 is 6.03 Å². The normalized spacial score (nSPS) is 20.9. The fourth-order valence-corrected chi connectivity index (χ4v) is 1.76. The van der Waals surface area contributed by atoms with Crippen LogP contribution < -0.4 is 5.32 Å². The number of amides is 2. The number of ether oxygens (including phenoxy) is 1. The summed E-state index contributed by atoms with van der Waals surface area (Å²) in [6, 6.07) is -0.0738. The fraction of sp³-hybridized carbons (Fsp3) is 0.909. The second-order valence-electron chi connectivity index (χ2n) is 4.02. The van der Waals surface area contributed by atoms with Crippen LogP contribution in [0.2, 0.25) is 0 Å². The van der Waals surface area contributed by atoms with Crippen LogP contribution in [0.3, 0.4) is 0 Å². The number of hydrogen-bond donors (Lipinski definition) is 2. The number of rotatable bonds is 5. The number of hydrogen-bond acceptors (Lipinski definition) is 3. The van der Waals surface area contributed by atoms with Gasteiger partial charge in [-0.3, -0.25) is 0 Å². The van der Waals surface area contributed by atoms with E-state index in [0.29, 0.717) is 26.3 Å². The van der Waals surface area contributed by atoms with E-state index < -0.39 is 0 Å². The molecule has 0 radical (unpaired) electrons. The minimum Gasteiger partial charge on any atom is -0.391 e. The van der Waals surface area contributed by atoms with Crippen LogP contribution in [0.1, 0.15) is 26.2 Å². The van der Waals surface area contributed by atoms with Crippen LogP contribution in [0.25, 0.3) is 0 Å². The highest BCUT2D eigenvalue weighted by atomic mass is 16.5. The molecule has 0 aromatic heterocycles. The molecule has 0 aromatic carbocycles. The number of carbonyl (C=O) groups is 1. The zero-order valence-corrected chi connectivity index (χ0v) is 9.95. The van der Waals surface area contributed by atoms with Crippen LogP contribution in [0.15, 0.2) is 0 Å². The molecule has 1 saturated heterocycles. The van der Waals surface area contributed by atoms with Crippen molar-refractivity contribution in [1.82, 2.24) is 10.2 Å². The number of aliphatic hydroxyl groups is 1. The Bertz CT molecular complexity index is 211. The first-order valence-electron chi connectivity index (χ1n) is 6.02. The summed E-state index contributed by atoms with van der Waals surface area (Å²) >= 11 is 0. The number of nitrogens with one attached hydrogen (secondary N) is 1. The molecule has 2 N–H and O–H groups in total. The Kier molecular flexibility index (Phi) is 6.18. The van der Waals surface area contributed by atoms with E-state index in [4.69, 9.17) is 4.74 Å². The molecule has 0 bridgehead atoms. The van der Waals surface area contributed by atoms with Crippen molar-refractivity contribution in [2.45, 2.75) is 32.3 Å². The number of carbonyl (C=O) groups excluding carboxylic acids is 1. The summed E-state index contributed by atoms with van der Waals surface area (Å²) in [7, 11) is 0. The van der Waals surface area contributed by atoms with Crippen molar-refractivity contribution in [3.8, 4) is 0 Å². The Morgan fingerprint density at radius 2 is 2.44 bits per heavy atom. The van der Waals surface area contributed by atoms with Gasteiger partial charge in [0.05, 0.1) is 6.10 Å². The van der Waals surface area contributed by atoms with Crippen molar-refractivity contribution in [3.05, 3.63) is 0 Å². The summed E-state index contributed by atoms with van der Waals surface area (Å²) in [6.07, 6.45) is 2.15. The van der Waals surface area contributed by atoms with E-state index in [2.05, 4.69) is 5.32 Å². The first-order chi connectivity index (χ1) is 7.74. The Balaban J connectivity index is 2.09. The number of likely N-dealkylation sites (tertiary alicyclic amines) is 1. The average molecular weight is 230 g/mol. The smallest absolute Gasteiger partial charge is 0.317 e. The van der Waals surface area contributed by atoms with Gasteiger partial charge in [-0.25, -0.2) is 4.79 Å². The van der Waals surface area contributed by atoms with Crippen LogP contribution in [0, 0.1) is 0 Å². The van der Waals surface area contributed by atoms with Crippen LogP contribution in [-0.4, -0.2) is 55.0 Å². The highest BCUT2D eigenvalue weighted by molar-refractivity contribution is 5.74. The second-order valence-corrected chi connectivity index (χ2v) is 4.02. The van der Waals surface area contributed by atoms with Crippen molar-refractivity contribution >= 4 is 6.03 Å². The minimum absolute atomic E-state index is 0.0738. The molecular weight excluding hydrogens is 208 g/mol. The molecule has 0 aromatic rings. The molecule has 0 spiro atoms. The first kappa shape index (κ1) is 13.3. The number of nitrogens with zero attached hydrogens (tertiary/aromatic N) is 1. The van der Waals surface area contributed by atoms with Gasteiger partial charge in [-0.05, 0) is 26.2 Å². The van der Waals surface area contributed by atoms with E-state index in [-0.39, 0.29) is 12.1 Å². The van der Waals surface area contributed by atoms with Crippen LogP contribution in [0.4, 0.5) is 4.79 Å². The quantitative estimate of drug-likeness (QED) is 0.679. The lowest BCUT2D eigenvalue weighted by Crippen LogP contribution is -2.47. The topological polar surface area (TPSA) is 61.8 Å². The van der Waals surface area contributed by atoms with Gasteiger partial charge in [-0.2, -0.15) is 0 Å². The van der Waals surface area contributed by atoms with Gasteiger partial charge in [0, 0.05) is 32.8 Å². The number of aliphatic hydroxyl groups excluding tert-OH is 1. The summed E-state index contributed by atoms with van der Waals surface area (Å²) in [5.74, 6) is 0. The number of urea groups is 1. The zero-order valence-electron chi connectivity index (χ0n) is 9.95. The van der Waals surface area contributed by atoms with E-state index in [1.807, 2.05) is 6.92 Å². The van der Waals surface area contributed by atoms with Gasteiger partial charge < -0.3 is 20.1 Å². The Hall–Kier alpha value is -0.810. The van der Waals surface area contributed by atoms with Gasteiger partial charge in [0.2, 0.25) is 0 Å². The summed E-state index contributed by atoms with van der Waals surface area (Å²) in [5, 5.41) is 12.3. The van der Waals surface area contributed by atoms with Crippen LogP contribution >= 0.6 is 0 Å². The Labute approximate surface area is 96.8 Å². The molecule has 1 atom stereocenters. The van der Waals surface area contributed by atoms with Crippen LogP contribution in [-0.2, 0) is 4.74 Å². The minimum atomic E-state index is -0.358. The summed E-state index contributed by atoms with van der Waals surface area (Å²) in [4.78, 5) is 13.3. The molecule has 16 heavy (non-hydrogen) atoms. The highest BCUT2D eigenvalue weighted by Crippen LogP contribution is 2.09. The Morgan fingerprint density at radius 1 is 1.62 bits per heavy atom. The molecule has 1 aliphatic heterocycles. The van der Waals surface area contributed by atoms with E-state index in [0.717, 1.165) is 25.8 Å². The third-order valence-electron chi connectivity index (χ3n) is 2.63. The molecular formula is C11H22N2O3. The van der Waals surface area contributed by atoms with Crippen molar-refractivity contribution in [2.75, 3.05) is 32.8 Å². The maximum Gasteiger partial charge on any atom is 0.317 e. The molecule has 1 heterocycles. The molecule has 0 saturated carbocycles. The van der Waals surface area contributed by atoms with Crippen molar-refractivity contribution in [2.24, 2.45) is 0 Å². The van der Waals surface area contributed by atoms with Crippen molar-refractivity contribution < 1.29 is 14.6 Å². The zero-order chi connectivity index (χ0) is 11.8. The van der Waals surface area contributed by atoms with E-state index in [1.54, 1.807) is 4.90 Å². The highest BCUT2D eigenvalue weighted by Gasteiger charge is 2.21. The lowest BCUT2D eigenvalue weighted by molar-refractivity contribution is 0.0838. The monoisotopic (exact) mass is 230 g/mol. The molecule has 2 amide bonds. The number of piperidine rings is 1. The van der Waals surface area contributed by atoms with Gasteiger partial charge in [0.1, 0.15) is 0 Å². The lowest BCUT2D eigenvalue weighted by atomic mass is 10.1. The van der Waals surface area contributed by atoms with Crippen molar-refractivity contribution in [3.63, 3.8) is 0 Å². The molecule has 1 fully saturated rings. The molecule has 0 aliphatic carbocycles.